The van der Waals surface area contributed by atoms with E-state index in [1.807, 2.05) is 6.55 Å². The zero-order valence-corrected chi connectivity index (χ0v) is 24.3. The minimum Gasteiger partial charge on any atom is -0.146 e. The number of rotatable bonds is 26. The van der Waals surface area contributed by atoms with Crippen molar-refractivity contribution >= 4 is 40.5 Å². The van der Waals surface area contributed by atoms with Crippen LogP contribution >= 0.6 is 33.8 Å². The van der Waals surface area contributed by atoms with Gasteiger partial charge in [-0.05, 0) is 19.0 Å². The number of hydrogen-bond acceptors (Lipinski definition) is 0. The van der Waals surface area contributed by atoms with Crippen LogP contribution in [-0.4, -0.2) is 12.6 Å². The molecule has 0 aromatic carbocycles. The molecule has 0 aliphatic carbocycles. The van der Waals surface area contributed by atoms with Crippen molar-refractivity contribution in [2.24, 2.45) is 0 Å². The van der Waals surface area contributed by atoms with Gasteiger partial charge in [0.1, 0.15) is 0 Å². The second-order valence-corrected chi connectivity index (χ2v) is 18.6. The molecule has 0 aromatic rings. The molecule has 0 fully saturated rings. The SMILES string of the molecule is C[Si](Cl)(Cl)CCCCCCCCCCCCCCCCCCCCCCCCCCCl. The van der Waals surface area contributed by atoms with Gasteiger partial charge in [-0.25, -0.2) is 0 Å². The van der Waals surface area contributed by atoms with Crippen molar-refractivity contribution in [2.75, 3.05) is 5.88 Å². The highest BCUT2D eigenvalue weighted by Gasteiger charge is 2.19. The Morgan fingerprint density at radius 1 is 0.355 bits per heavy atom. The van der Waals surface area contributed by atoms with E-state index in [-0.39, 0.29) is 0 Å². The van der Waals surface area contributed by atoms with E-state index in [0.717, 1.165) is 11.9 Å². The molecule has 0 unspecified atom stereocenters. The van der Waals surface area contributed by atoms with Crippen LogP contribution in [0.25, 0.3) is 0 Å². The first kappa shape index (κ1) is 32.1. The molecular weight excluding hydrogens is 459 g/mol. The molecule has 0 saturated heterocycles. The monoisotopic (exact) mass is 512 g/mol. The topological polar surface area (TPSA) is 0 Å². The van der Waals surface area contributed by atoms with Crippen LogP contribution in [0.2, 0.25) is 12.6 Å². The Hall–Kier alpha value is 1.09. The van der Waals surface area contributed by atoms with Crippen LogP contribution in [0.5, 0.6) is 0 Å². The number of halogens is 3. The van der Waals surface area contributed by atoms with Crippen LogP contribution < -0.4 is 0 Å². The number of alkyl halides is 1. The average molecular weight is 514 g/mol. The maximum Gasteiger partial charge on any atom is 0.248 e. The molecule has 0 saturated carbocycles. The van der Waals surface area contributed by atoms with Gasteiger partial charge < -0.3 is 0 Å². The lowest BCUT2D eigenvalue weighted by Gasteiger charge is -2.09. The third-order valence-electron chi connectivity index (χ3n) is 6.50. The van der Waals surface area contributed by atoms with Gasteiger partial charge in [-0.1, -0.05) is 148 Å². The maximum atomic E-state index is 6.14. The predicted molar refractivity (Wildman–Crippen MR) is 150 cm³/mol. The van der Waals surface area contributed by atoms with E-state index in [9.17, 15) is 0 Å². The molecule has 31 heavy (non-hydrogen) atoms. The van der Waals surface area contributed by atoms with E-state index < -0.39 is 6.69 Å². The van der Waals surface area contributed by atoms with Gasteiger partial charge >= 0.3 is 0 Å². The van der Waals surface area contributed by atoms with E-state index in [4.69, 9.17) is 33.8 Å². The van der Waals surface area contributed by atoms with Gasteiger partial charge in [0.15, 0.2) is 0 Å². The molecule has 0 rings (SSSR count). The molecule has 0 bridgehead atoms. The van der Waals surface area contributed by atoms with Crippen LogP contribution in [-0.2, 0) is 0 Å². The first-order chi connectivity index (χ1) is 15.1. The minimum atomic E-state index is -1.83. The summed E-state index contributed by atoms with van der Waals surface area (Å²) in [6.45, 7) is 0.200. The Balaban J connectivity index is 3.02. The minimum absolute atomic E-state index is 0.841. The van der Waals surface area contributed by atoms with Crippen molar-refractivity contribution in [3.63, 3.8) is 0 Å². The van der Waals surface area contributed by atoms with Crippen LogP contribution in [0.1, 0.15) is 154 Å². The summed E-state index contributed by atoms with van der Waals surface area (Å²) in [5, 5.41) is 0. The molecule has 4 heteroatoms. The van der Waals surface area contributed by atoms with Gasteiger partial charge in [-0.3, -0.25) is 0 Å². The molecule has 0 spiro atoms. The van der Waals surface area contributed by atoms with E-state index in [2.05, 4.69) is 0 Å². The summed E-state index contributed by atoms with van der Waals surface area (Å²) in [7, 11) is 0. The lowest BCUT2D eigenvalue weighted by atomic mass is 10.0. The molecule has 188 valence electrons. The largest absolute Gasteiger partial charge is 0.248 e. The third-order valence-corrected chi connectivity index (χ3v) is 9.13. The fraction of sp³-hybridized carbons (Fsp3) is 1.00. The zero-order chi connectivity index (χ0) is 22.9. The molecule has 0 aliphatic heterocycles. The van der Waals surface area contributed by atoms with Crippen molar-refractivity contribution < 1.29 is 0 Å². The average Bonchev–Trinajstić information content (AvgIpc) is 2.73. The Kier molecular flexibility index (Phi) is 26.6. The normalized spacial score (nSPS) is 12.0. The van der Waals surface area contributed by atoms with Crippen LogP contribution in [0.3, 0.4) is 0 Å². The third kappa shape index (κ3) is 31.1. The fourth-order valence-corrected chi connectivity index (χ4v) is 6.28. The van der Waals surface area contributed by atoms with Crippen molar-refractivity contribution in [3.05, 3.63) is 0 Å². The van der Waals surface area contributed by atoms with Gasteiger partial charge in [-0.2, -0.15) is 0 Å². The highest BCUT2D eigenvalue weighted by Crippen LogP contribution is 2.23. The molecule has 0 nitrogen and oxygen atoms in total. The highest BCUT2D eigenvalue weighted by atomic mass is 35.7. The Bertz CT molecular complexity index is 331. The first-order valence-electron chi connectivity index (χ1n) is 14.0. The Labute approximate surface area is 212 Å². The van der Waals surface area contributed by atoms with Gasteiger partial charge in [0.25, 0.3) is 0 Å². The molecule has 0 N–H and O–H groups in total. The molecule has 0 aliphatic rings. The summed E-state index contributed by atoms with van der Waals surface area (Å²) >= 11 is 18.0. The van der Waals surface area contributed by atoms with Gasteiger partial charge in [0.05, 0.1) is 0 Å². The fourth-order valence-electron chi connectivity index (χ4n) is 4.42. The molecule has 0 amide bonds. The lowest BCUT2D eigenvalue weighted by molar-refractivity contribution is 0.518. The van der Waals surface area contributed by atoms with Gasteiger partial charge in [0, 0.05) is 5.88 Å². The highest BCUT2D eigenvalue weighted by molar-refractivity contribution is 7.44. The molecule has 0 heterocycles. The van der Waals surface area contributed by atoms with Crippen molar-refractivity contribution in [1.29, 1.82) is 0 Å². The second-order valence-electron chi connectivity index (χ2n) is 9.99. The zero-order valence-electron chi connectivity index (χ0n) is 21.0. The number of unbranched alkanes of at least 4 members (excludes halogenated alkanes) is 23. The van der Waals surface area contributed by atoms with E-state index in [0.29, 0.717) is 0 Å². The van der Waals surface area contributed by atoms with E-state index in [1.165, 1.54) is 154 Å². The molecular formula is C27H55Cl3Si. The first-order valence-corrected chi connectivity index (χ1v) is 19.3. The Morgan fingerprint density at radius 3 is 0.742 bits per heavy atom. The van der Waals surface area contributed by atoms with Crippen LogP contribution in [0, 0.1) is 0 Å². The number of hydrogen-bond donors (Lipinski definition) is 0. The molecule has 0 radical (unpaired) electrons. The summed E-state index contributed by atoms with van der Waals surface area (Å²) in [6, 6.07) is 1.06. The summed E-state index contributed by atoms with van der Waals surface area (Å²) in [6.07, 6.45) is 33.9. The Morgan fingerprint density at radius 2 is 0.548 bits per heavy atom. The quantitative estimate of drug-likeness (QED) is 0.0466. The standard InChI is InChI=1S/C27H55Cl3Si/c1-31(29,30)27-25-23-21-19-17-15-13-11-9-7-5-3-2-4-6-8-10-12-14-16-18-20-22-24-26-28/h2-27H2,1H3. The summed E-state index contributed by atoms with van der Waals surface area (Å²) < 4.78 is 0. The lowest BCUT2D eigenvalue weighted by Crippen LogP contribution is -2.11. The maximum absolute atomic E-state index is 6.14. The molecule has 0 aromatic heterocycles. The van der Waals surface area contributed by atoms with Crippen molar-refractivity contribution in [2.45, 2.75) is 167 Å². The summed E-state index contributed by atoms with van der Waals surface area (Å²) in [5.74, 6) is 0.841. The molecule has 0 atom stereocenters. The van der Waals surface area contributed by atoms with Crippen molar-refractivity contribution in [3.8, 4) is 0 Å². The van der Waals surface area contributed by atoms with E-state index >= 15 is 0 Å². The van der Waals surface area contributed by atoms with Crippen molar-refractivity contribution in [1.82, 2.24) is 0 Å². The van der Waals surface area contributed by atoms with Crippen LogP contribution in [0.4, 0.5) is 0 Å². The summed E-state index contributed by atoms with van der Waals surface area (Å²) in [4.78, 5) is 0. The van der Waals surface area contributed by atoms with Gasteiger partial charge in [0.2, 0.25) is 6.69 Å². The van der Waals surface area contributed by atoms with Gasteiger partial charge in [-0.15, -0.1) is 33.8 Å². The summed E-state index contributed by atoms with van der Waals surface area (Å²) in [5.41, 5.74) is 0. The van der Waals surface area contributed by atoms with Crippen LogP contribution in [0.15, 0.2) is 0 Å². The predicted octanol–water partition coefficient (Wildman–Crippen LogP) is 12.1. The smallest absolute Gasteiger partial charge is 0.146 e. The second kappa shape index (κ2) is 25.7. The van der Waals surface area contributed by atoms with E-state index in [1.54, 1.807) is 0 Å².